The van der Waals surface area contributed by atoms with Crippen LogP contribution in [-0.4, -0.2) is 53.2 Å². The third-order valence-electron chi connectivity index (χ3n) is 5.12. The molecule has 0 spiro atoms. The fourth-order valence-electron chi connectivity index (χ4n) is 3.32. The van der Waals surface area contributed by atoms with Crippen molar-refractivity contribution in [3.63, 3.8) is 0 Å². The van der Waals surface area contributed by atoms with Crippen LogP contribution in [0.25, 0.3) is 0 Å². The highest BCUT2D eigenvalue weighted by Crippen LogP contribution is 2.28. The SMILES string of the molecule is CC(CN)N(C)Cc1ccc2c(c1)C(=O)N(C1CCC(=O)NC1=O)C2. The Labute approximate surface area is 147 Å². The van der Waals surface area contributed by atoms with Crippen LogP contribution in [0.2, 0.25) is 0 Å². The van der Waals surface area contributed by atoms with E-state index >= 15 is 0 Å². The number of hydrogen-bond acceptors (Lipinski definition) is 5. The van der Waals surface area contributed by atoms with E-state index in [4.69, 9.17) is 5.73 Å². The lowest BCUT2D eigenvalue weighted by Gasteiger charge is -2.29. The molecule has 3 rings (SSSR count). The van der Waals surface area contributed by atoms with Gasteiger partial charge in [0, 0.05) is 37.7 Å². The number of piperidine rings is 1. The molecule has 3 amide bonds. The summed E-state index contributed by atoms with van der Waals surface area (Å²) < 4.78 is 0. The lowest BCUT2D eigenvalue weighted by Crippen LogP contribution is -2.52. The largest absolute Gasteiger partial charge is 0.329 e. The fourth-order valence-corrected chi connectivity index (χ4v) is 3.32. The summed E-state index contributed by atoms with van der Waals surface area (Å²) in [5.41, 5.74) is 8.31. The number of fused-ring (bicyclic) bond motifs is 1. The first kappa shape index (κ1) is 17.6. The summed E-state index contributed by atoms with van der Waals surface area (Å²) in [6.45, 7) is 3.75. The molecule has 0 radical (unpaired) electrons. The molecule has 2 aliphatic heterocycles. The number of likely N-dealkylation sites (N-methyl/N-ethyl adjacent to an activating group) is 1. The molecule has 2 atom stereocenters. The standard InChI is InChI=1S/C18H24N4O3/c1-11(8-19)21(2)9-12-3-4-13-10-22(18(25)14(13)7-12)15-5-6-16(23)20-17(15)24/h3-4,7,11,15H,5-6,8-10,19H2,1-2H3,(H,20,23,24). The number of nitrogens with one attached hydrogen (secondary N) is 1. The molecule has 0 saturated carbocycles. The van der Waals surface area contributed by atoms with Gasteiger partial charge in [0.1, 0.15) is 6.04 Å². The maximum absolute atomic E-state index is 12.8. The summed E-state index contributed by atoms with van der Waals surface area (Å²) in [4.78, 5) is 39.9. The van der Waals surface area contributed by atoms with Crippen LogP contribution in [0.1, 0.15) is 41.3 Å². The van der Waals surface area contributed by atoms with Crippen LogP contribution in [0.5, 0.6) is 0 Å². The first-order valence-electron chi connectivity index (χ1n) is 8.57. The number of nitrogens with zero attached hydrogens (tertiary/aromatic N) is 2. The number of benzene rings is 1. The molecule has 7 nitrogen and oxygen atoms in total. The van der Waals surface area contributed by atoms with Crippen molar-refractivity contribution >= 4 is 17.7 Å². The Morgan fingerprint density at radius 2 is 2.12 bits per heavy atom. The number of rotatable bonds is 5. The van der Waals surface area contributed by atoms with Gasteiger partial charge < -0.3 is 10.6 Å². The highest BCUT2D eigenvalue weighted by Gasteiger charge is 2.39. The van der Waals surface area contributed by atoms with Crippen LogP contribution >= 0.6 is 0 Å². The predicted molar refractivity (Wildman–Crippen MR) is 92.5 cm³/mol. The van der Waals surface area contributed by atoms with Gasteiger partial charge in [-0.25, -0.2) is 0 Å². The van der Waals surface area contributed by atoms with Crippen LogP contribution in [0, 0.1) is 0 Å². The predicted octanol–water partition coefficient (Wildman–Crippen LogP) is 0.227. The third-order valence-corrected chi connectivity index (χ3v) is 5.12. The van der Waals surface area contributed by atoms with E-state index in [-0.39, 0.29) is 30.2 Å². The van der Waals surface area contributed by atoms with Crippen molar-refractivity contribution in [2.45, 2.75) is 44.9 Å². The molecule has 0 aromatic heterocycles. The summed E-state index contributed by atoms with van der Waals surface area (Å²) >= 11 is 0. The zero-order chi connectivity index (χ0) is 18.1. The lowest BCUT2D eigenvalue weighted by molar-refractivity contribution is -0.136. The van der Waals surface area contributed by atoms with E-state index in [0.29, 0.717) is 31.6 Å². The van der Waals surface area contributed by atoms with E-state index in [9.17, 15) is 14.4 Å². The average molecular weight is 344 g/mol. The molecule has 2 unspecified atom stereocenters. The van der Waals surface area contributed by atoms with Crippen LogP contribution in [-0.2, 0) is 22.7 Å². The minimum absolute atomic E-state index is 0.138. The Bertz CT molecular complexity index is 718. The summed E-state index contributed by atoms with van der Waals surface area (Å²) in [6.07, 6.45) is 0.650. The van der Waals surface area contributed by atoms with Crippen molar-refractivity contribution in [3.8, 4) is 0 Å². The molecule has 134 valence electrons. The summed E-state index contributed by atoms with van der Waals surface area (Å²) in [6, 6.07) is 5.56. The molecule has 3 N–H and O–H groups in total. The molecule has 7 heteroatoms. The van der Waals surface area contributed by atoms with Gasteiger partial charge in [-0.15, -0.1) is 0 Å². The van der Waals surface area contributed by atoms with Crippen molar-refractivity contribution in [2.75, 3.05) is 13.6 Å². The topological polar surface area (TPSA) is 95.7 Å². The number of carbonyl (C=O) groups excluding carboxylic acids is 3. The minimum Gasteiger partial charge on any atom is -0.329 e. The van der Waals surface area contributed by atoms with Gasteiger partial charge in [-0.1, -0.05) is 12.1 Å². The van der Waals surface area contributed by atoms with Gasteiger partial charge in [-0.2, -0.15) is 0 Å². The van der Waals surface area contributed by atoms with E-state index in [0.717, 1.165) is 11.1 Å². The molecule has 2 aliphatic rings. The highest BCUT2D eigenvalue weighted by atomic mass is 16.2. The molecule has 1 aromatic rings. The van der Waals surface area contributed by atoms with Gasteiger partial charge >= 0.3 is 0 Å². The number of carbonyl (C=O) groups is 3. The van der Waals surface area contributed by atoms with Crippen LogP contribution in [0.3, 0.4) is 0 Å². The van der Waals surface area contributed by atoms with E-state index in [1.165, 1.54) is 0 Å². The Morgan fingerprint density at radius 1 is 1.36 bits per heavy atom. The number of nitrogens with two attached hydrogens (primary N) is 1. The van der Waals surface area contributed by atoms with E-state index < -0.39 is 6.04 Å². The van der Waals surface area contributed by atoms with Crippen molar-refractivity contribution in [1.29, 1.82) is 0 Å². The third kappa shape index (κ3) is 3.43. The van der Waals surface area contributed by atoms with Crippen molar-refractivity contribution in [1.82, 2.24) is 15.1 Å². The lowest BCUT2D eigenvalue weighted by atomic mass is 10.0. The zero-order valence-corrected chi connectivity index (χ0v) is 14.6. The van der Waals surface area contributed by atoms with E-state index in [1.54, 1.807) is 4.90 Å². The summed E-state index contributed by atoms with van der Waals surface area (Å²) in [5.74, 6) is -0.792. The summed E-state index contributed by atoms with van der Waals surface area (Å²) in [5, 5.41) is 2.32. The normalized spacial score (nSPS) is 21.5. The van der Waals surface area contributed by atoms with Gasteiger partial charge in [0.15, 0.2) is 0 Å². The van der Waals surface area contributed by atoms with Gasteiger partial charge in [-0.3, -0.25) is 24.6 Å². The molecule has 1 aromatic carbocycles. The van der Waals surface area contributed by atoms with Crippen LogP contribution in [0.4, 0.5) is 0 Å². The Balaban J connectivity index is 1.76. The second-order valence-electron chi connectivity index (χ2n) is 6.89. The molecule has 25 heavy (non-hydrogen) atoms. The number of imide groups is 1. The quantitative estimate of drug-likeness (QED) is 0.746. The molecule has 1 fully saturated rings. The van der Waals surface area contributed by atoms with Crippen LogP contribution < -0.4 is 11.1 Å². The smallest absolute Gasteiger partial charge is 0.255 e. The van der Waals surface area contributed by atoms with Gasteiger partial charge in [-0.05, 0) is 37.6 Å². The molecule has 0 bridgehead atoms. The summed E-state index contributed by atoms with van der Waals surface area (Å²) in [7, 11) is 2.00. The van der Waals surface area contributed by atoms with Gasteiger partial charge in [0.05, 0.1) is 0 Å². The number of hydrogen-bond donors (Lipinski definition) is 2. The van der Waals surface area contributed by atoms with E-state index in [2.05, 4.69) is 17.1 Å². The monoisotopic (exact) mass is 344 g/mol. The zero-order valence-electron chi connectivity index (χ0n) is 14.6. The molecule has 1 saturated heterocycles. The Kier molecular flexibility index (Phi) is 4.87. The minimum atomic E-state index is -0.569. The highest BCUT2D eigenvalue weighted by molar-refractivity contribution is 6.05. The van der Waals surface area contributed by atoms with Gasteiger partial charge in [0.25, 0.3) is 5.91 Å². The maximum Gasteiger partial charge on any atom is 0.255 e. The first-order chi connectivity index (χ1) is 11.9. The fraction of sp³-hybridized carbons (Fsp3) is 0.500. The van der Waals surface area contributed by atoms with Crippen LogP contribution in [0.15, 0.2) is 18.2 Å². The molecule has 2 heterocycles. The first-order valence-corrected chi connectivity index (χ1v) is 8.57. The van der Waals surface area contributed by atoms with Gasteiger partial charge in [0.2, 0.25) is 11.8 Å². The number of amides is 3. The second-order valence-corrected chi connectivity index (χ2v) is 6.89. The Hall–Kier alpha value is -2.25. The molecular weight excluding hydrogens is 320 g/mol. The van der Waals surface area contributed by atoms with Crippen molar-refractivity contribution < 1.29 is 14.4 Å². The maximum atomic E-state index is 12.8. The van der Waals surface area contributed by atoms with Crippen molar-refractivity contribution in [2.24, 2.45) is 5.73 Å². The average Bonchev–Trinajstić information content (AvgIpc) is 2.90. The van der Waals surface area contributed by atoms with Crippen molar-refractivity contribution in [3.05, 3.63) is 34.9 Å². The molecular formula is C18H24N4O3. The second kappa shape index (κ2) is 6.93. The Morgan fingerprint density at radius 3 is 2.80 bits per heavy atom. The van der Waals surface area contributed by atoms with E-state index in [1.807, 2.05) is 25.2 Å². The molecule has 0 aliphatic carbocycles.